The summed E-state index contributed by atoms with van der Waals surface area (Å²) in [6, 6.07) is 1.53. The summed E-state index contributed by atoms with van der Waals surface area (Å²) in [4.78, 5) is 0.00402. The molecule has 216 valence electrons. The van der Waals surface area contributed by atoms with Crippen LogP contribution in [0.2, 0.25) is 0 Å². The molecule has 0 saturated carbocycles. The van der Waals surface area contributed by atoms with Gasteiger partial charge >= 0.3 is 7.82 Å². The van der Waals surface area contributed by atoms with E-state index in [2.05, 4.69) is 11.9 Å². The summed E-state index contributed by atoms with van der Waals surface area (Å²) in [6.45, 7) is 9.53. The fourth-order valence-corrected chi connectivity index (χ4v) is 5.33. The molecule has 1 unspecified atom stereocenters. The van der Waals surface area contributed by atoms with E-state index in [-0.39, 0.29) is 17.1 Å². The Balaban J connectivity index is 1.71. The maximum atomic E-state index is 16.3. The van der Waals surface area contributed by atoms with Crippen molar-refractivity contribution < 1.29 is 50.4 Å². The molecule has 3 aliphatic heterocycles. The molecule has 0 spiro atoms. The number of nitrogens with zero attached hydrogens (tertiary/aromatic N) is 1. The van der Waals surface area contributed by atoms with E-state index in [1.807, 2.05) is 0 Å². The van der Waals surface area contributed by atoms with Gasteiger partial charge in [0.1, 0.15) is 41.1 Å². The van der Waals surface area contributed by atoms with Crippen LogP contribution in [-0.4, -0.2) is 50.9 Å². The van der Waals surface area contributed by atoms with E-state index < -0.39 is 72.7 Å². The maximum Gasteiger partial charge on any atom is 0.530 e. The molecule has 14 heteroatoms. The van der Waals surface area contributed by atoms with Crippen LogP contribution in [-0.2, 0) is 35.8 Å². The molecular weight excluding hydrogens is 560 g/mol. The zero-order valence-electron chi connectivity index (χ0n) is 25.1. The van der Waals surface area contributed by atoms with Crippen molar-refractivity contribution >= 4 is 25.0 Å². The van der Waals surface area contributed by atoms with Crippen molar-refractivity contribution in [2.24, 2.45) is 0 Å². The maximum absolute atomic E-state index is 16.3. The average Bonchev–Trinajstić information content (AvgIpc) is 3.00. The molecule has 3 N–H and O–H groups in total. The molecule has 3 aliphatic rings. The fourth-order valence-electron chi connectivity index (χ4n) is 4.06. The van der Waals surface area contributed by atoms with Gasteiger partial charge in [0, 0.05) is 11.8 Å². The third-order valence-electron chi connectivity index (χ3n) is 6.22. The predicted molar refractivity (Wildman–Crippen MR) is 139 cm³/mol. The Labute approximate surface area is 234 Å². The number of halogens is 3. The second kappa shape index (κ2) is 9.83. The van der Waals surface area contributed by atoms with Crippen LogP contribution in [0, 0.1) is 5.82 Å². The van der Waals surface area contributed by atoms with Gasteiger partial charge in [0.25, 0.3) is 5.85 Å². The van der Waals surface area contributed by atoms with Gasteiger partial charge in [-0.25, -0.2) is 17.7 Å². The summed E-state index contributed by atoms with van der Waals surface area (Å²) in [5.41, 5.74) is -0.772. The van der Waals surface area contributed by atoms with Crippen LogP contribution in [0.25, 0.3) is 0 Å². The zero-order valence-corrected chi connectivity index (χ0v) is 23.8. The lowest BCUT2D eigenvalue weighted by atomic mass is 9.78. The molecule has 0 aliphatic carbocycles. The van der Waals surface area contributed by atoms with Crippen molar-refractivity contribution in [3.8, 4) is 5.75 Å². The Bertz CT molecular complexity index is 1440. The summed E-state index contributed by atoms with van der Waals surface area (Å²) in [5, 5.41) is 23.4. The summed E-state index contributed by atoms with van der Waals surface area (Å²) >= 11 is 4.73. The first-order valence-electron chi connectivity index (χ1n) is 13.3. The van der Waals surface area contributed by atoms with E-state index in [9.17, 15) is 19.2 Å². The van der Waals surface area contributed by atoms with Crippen molar-refractivity contribution in [1.82, 2.24) is 10.2 Å². The number of fused-ring (bicyclic) bond motifs is 1. The number of rotatable bonds is 4. The molecule has 9 nitrogen and oxygen atoms in total. The Morgan fingerprint density at radius 2 is 1.92 bits per heavy atom. The van der Waals surface area contributed by atoms with Crippen LogP contribution < -0.4 is 9.84 Å². The number of hydrogen-bond acceptors (Lipinski definition) is 9. The van der Waals surface area contributed by atoms with E-state index in [1.165, 1.54) is 6.07 Å². The van der Waals surface area contributed by atoms with E-state index >= 15 is 8.78 Å². The monoisotopic (exact) mass is 595 g/mol. The van der Waals surface area contributed by atoms with Crippen LogP contribution in [0.4, 0.5) is 13.2 Å². The Kier molecular flexibility index (Phi) is 6.54. The van der Waals surface area contributed by atoms with Crippen LogP contribution >= 0.6 is 20.0 Å². The predicted octanol–water partition coefficient (Wildman–Crippen LogP) is 4.71. The van der Waals surface area contributed by atoms with Gasteiger partial charge in [-0.2, -0.15) is 0 Å². The largest absolute Gasteiger partial charge is 0.530 e. The Morgan fingerprint density at radius 1 is 1.31 bits per heavy atom. The van der Waals surface area contributed by atoms with Gasteiger partial charge in [0.2, 0.25) is 0 Å². The van der Waals surface area contributed by atoms with Gasteiger partial charge in [0.15, 0.2) is 12.0 Å². The second-order valence-corrected chi connectivity index (χ2v) is 13.2. The summed E-state index contributed by atoms with van der Waals surface area (Å²) in [5.74, 6) is -6.57. The van der Waals surface area contributed by atoms with Gasteiger partial charge in [-0.05, 0) is 22.5 Å². The van der Waals surface area contributed by atoms with Gasteiger partial charge in [0.05, 0.1) is 16.3 Å². The van der Waals surface area contributed by atoms with Crippen molar-refractivity contribution in [3.05, 3.63) is 53.0 Å². The third-order valence-corrected chi connectivity index (χ3v) is 7.69. The average molecular weight is 596 g/mol. The Morgan fingerprint density at radius 3 is 2.51 bits per heavy atom. The van der Waals surface area contributed by atoms with Crippen molar-refractivity contribution in [1.29, 1.82) is 0 Å². The molecule has 0 aromatic heterocycles. The minimum absolute atomic E-state index is 0.112. The first kappa shape index (κ1) is 25.9. The number of hydrogen-bond donors (Lipinski definition) is 3. The van der Waals surface area contributed by atoms with Gasteiger partial charge in [-0.15, -0.1) is 0 Å². The molecular formula is C25H32F3N2O7PS. The van der Waals surface area contributed by atoms with E-state index in [0.29, 0.717) is 22.2 Å². The van der Waals surface area contributed by atoms with Crippen molar-refractivity contribution in [2.75, 3.05) is 6.56 Å². The lowest BCUT2D eigenvalue weighted by Crippen LogP contribution is -2.47. The standard InChI is InChI=1S/C25H32F3N2O7PS/c1-12-29-21(39)16(26)9-30(12)22-18(31)20(32)25(28,36-22)11-35-38(33)34-10-13-17(27)14(23(2,3)4)8-15(19(13)37-38)24(5,6)7/h8-9,18,20,22,31-32H,1,10-11H2,2-7H3,(H,29,39)/t18-,20+,22-,25-,38?/m1/s1/i11D2,22D. The second-order valence-electron chi connectivity index (χ2n) is 11.3. The molecule has 0 amide bonds. The van der Waals surface area contributed by atoms with E-state index in [4.69, 9.17) is 34.6 Å². The third kappa shape index (κ3) is 5.50. The highest BCUT2D eigenvalue weighted by Gasteiger charge is 2.59. The SMILES string of the molecule is [2H]C([2H])(OP1(=O)OCc2c(F)c(C(C)(C)C)cc(C(C)(C)C)c2O1)[C@@]1(F)O[C@@]([2H])(N2C=C(F)C(=S)NC2=C)[C@H](O)[C@@H]1O. The number of phosphoric acid groups is 1. The number of aliphatic hydroxyl groups excluding tert-OH is 2. The first-order chi connectivity index (χ1) is 18.9. The quantitative estimate of drug-likeness (QED) is 0.335. The molecule has 1 aromatic rings. The lowest BCUT2D eigenvalue weighted by Gasteiger charge is -2.34. The van der Waals surface area contributed by atoms with Crippen LogP contribution in [0.3, 0.4) is 0 Å². The highest BCUT2D eigenvalue weighted by Crippen LogP contribution is 2.58. The minimum Gasteiger partial charge on any atom is -0.403 e. The molecule has 1 fully saturated rings. The summed E-state index contributed by atoms with van der Waals surface area (Å²) in [6.07, 6.45) is -8.01. The number of phosphoric ester groups is 1. The van der Waals surface area contributed by atoms with E-state index in [0.717, 1.165) is 0 Å². The zero-order chi connectivity index (χ0) is 32.0. The van der Waals surface area contributed by atoms with Crippen molar-refractivity contribution in [3.63, 3.8) is 0 Å². The molecule has 3 heterocycles. The number of aliphatic hydroxyl groups is 2. The van der Waals surface area contributed by atoms with Crippen LogP contribution in [0.15, 0.2) is 30.5 Å². The van der Waals surface area contributed by atoms with Gasteiger partial charge < -0.3 is 29.7 Å². The highest BCUT2D eigenvalue weighted by atomic mass is 32.1. The van der Waals surface area contributed by atoms with Gasteiger partial charge in [-0.1, -0.05) is 60.3 Å². The number of alkyl halides is 1. The smallest absolute Gasteiger partial charge is 0.403 e. The number of benzene rings is 1. The lowest BCUT2D eigenvalue weighted by molar-refractivity contribution is -0.207. The summed E-state index contributed by atoms with van der Waals surface area (Å²) < 4.78 is 105. The number of thiocarbonyl (C=S) groups is 1. The highest BCUT2D eigenvalue weighted by molar-refractivity contribution is 7.80. The van der Waals surface area contributed by atoms with Gasteiger partial charge in [-0.3, -0.25) is 9.05 Å². The van der Waals surface area contributed by atoms with E-state index in [1.54, 1.807) is 41.5 Å². The molecule has 1 aromatic carbocycles. The van der Waals surface area contributed by atoms with Crippen LogP contribution in [0.1, 0.15) is 62.3 Å². The fraction of sp³-hybridized carbons (Fsp3) is 0.560. The minimum atomic E-state index is -5.13. The topological polar surface area (TPSA) is 110 Å². The number of ether oxygens (including phenoxy) is 1. The van der Waals surface area contributed by atoms with Crippen molar-refractivity contribution in [2.45, 2.75) is 83.2 Å². The first-order valence-corrected chi connectivity index (χ1v) is 13.7. The molecule has 1 saturated heterocycles. The summed E-state index contributed by atoms with van der Waals surface area (Å²) in [7, 11) is -5.13. The molecule has 0 radical (unpaired) electrons. The van der Waals surface area contributed by atoms with Crippen LogP contribution in [0.5, 0.6) is 5.75 Å². The molecule has 4 rings (SSSR count). The molecule has 39 heavy (non-hydrogen) atoms. The normalized spacial score (nSPS) is 34.9. The number of nitrogens with one attached hydrogen (secondary N) is 1. The Hall–Kier alpha value is -1.99. The molecule has 0 bridgehead atoms. The molecule has 5 atom stereocenters.